The van der Waals surface area contributed by atoms with Gasteiger partial charge in [-0.3, -0.25) is 9.69 Å². The maximum absolute atomic E-state index is 12.6. The second-order valence-corrected chi connectivity index (χ2v) is 8.96. The monoisotopic (exact) mass is 473 g/mol. The lowest BCUT2D eigenvalue weighted by molar-refractivity contribution is 0.0607. The first-order valence-electron chi connectivity index (χ1n) is 10.9. The van der Waals surface area contributed by atoms with Crippen LogP contribution in [0.4, 0.5) is 5.69 Å². The molecule has 1 amide bonds. The molecule has 0 spiro atoms. The smallest absolute Gasteiger partial charge is 0.350 e. The van der Waals surface area contributed by atoms with Crippen molar-refractivity contribution in [2.24, 2.45) is 0 Å². The summed E-state index contributed by atoms with van der Waals surface area (Å²) in [7, 11) is 1.32. The summed E-state index contributed by atoms with van der Waals surface area (Å²) in [6.45, 7) is 2.50. The van der Waals surface area contributed by atoms with Gasteiger partial charge in [0.25, 0.3) is 5.91 Å². The van der Waals surface area contributed by atoms with Crippen molar-refractivity contribution in [1.82, 2.24) is 9.88 Å². The number of ether oxygens (including phenoxy) is 1. The molecule has 4 aromatic rings. The van der Waals surface area contributed by atoms with Crippen LogP contribution in [-0.4, -0.2) is 42.0 Å². The van der Waals surface area contributed by atoms with Gasteiger partial charge >= 0.3 is 5.97 Å². The summed E-state index contributed by atoms with van der Waals surface area (Å²) in [5.74, 6) is -0.796. The molecule has 0 radical (unpaired) electrons. The number of carbonyl (C=O) groups is 2. The Balaban J connectivity index is 1.36. The first kappa shape index (κ1) is 22.1. The summed E-state index contributed by atoms with van der Waals surface area (Å²) in [5.41, 5.74) is 3.95. The maximum atomic E-state index is 12.6. The van der Waals surface area contributed by atoms with E-state index in [9.17, 15) is 9.59 Å². The number of anilines is 1. The minimum Gasteiger partial charge on any atom is -0.465 e. The quantitative estimate of drug-likeness (QED) is 0.387. The lowest BCUT2D eigenvalue weighted by Gasteiger charge is -2.26. The number of nitrogens with zero attached hydrogens (tertiary/aromatic N) is 2. The van der Waals surface area contributed by atoms with Crippen molar-refractivity contribution in [1.29, 1.82) is 0 Å². The van der Waals surface area contributed by atoms with E-state index in [1.54, 1.807) is 12.1 Å². The molecule has 1 aliphatic heterocycles. The van der Waals surface area contributed by atoms with Crippen LogP contribution in [0, 0.1) is 0 Å². The predicted octanol–water partition coefficient (Wildman–Crippen LogP) is 5.22. The zero-order chi connectivity index (χ0) is 23.5. The number of methoxy groups -OCH3 is 1. The van der Waals surface area contributed by atoms with Crippen molar-refractivity contribution >= 4 is 44.7 Å². The van der Waals surface area contributed by atoms with E-state index in [0.29, 0.717) is 27.3 Å². The number of benzene rings is 1. The van der Waals surface area contributed by atoms with E-state index in [0.717, 1.165) is 25.2 Å². The van der Waals surface area contributed by atoms with Crippen molar-refractivity contribution in [3.05, 3.63) is 88.8 Å². The third kappa shape index (κ3) is 4.50. The van der Waals surface area contributed by atoms with Crippen LogP contribution in [0.3, 0.4) is 0 Å². The molecule has 34 heavy (non-hydrogen) atoms. The van der Waals surface area contributed by atoms with Crippen LogP contribution in [-0.2, 0) is 11.3 Å². The highest BCUT2D eigenvalue weighted by Crippen LogP contribution is 2.36. The van der Waals surface area contributed by atoms with Crippen molar-refractivity contribution in [2.75, 3.05) is 25.5 Å². The minimum absolute atomic E-state index is 0.160. The molecular weight excluding hydrogens is 450 g/mol. The number of hydrogen-bond donors (Lipinski definition) is 1. The molecule has 0 aliphatic carbocycles. The highest BCUT2D eigenvalue weighted by atomic mass is 32.1. The van der Waals surface area contributed by atoms with Crippen molar-refractivity contribution in [3.63, 3.8) is 0 Å². The van der Waals surface area contributed by atoms with Crippen LogP contribution >= 0.6 is 11.3 Å². The van der Waals surface area contributed by atoms with Gasteiger partial charge in [0.1, 0.15) is 9.71 Å². The Morgan fingerprint density at radius 3 is 2.71 bits per heavy atom. The van der Waals surface area contributed by atoms with E-state index in [4.69, 9.17) is 14.1 Å². The summed E-state index contributed by atoms with van der Waals surface area (Å²) in [6, 6.07) is 17.5. The molecule has 1 aromatic carbocycles. The number of rotatable bonds is 6. The van der Waals surface area contributed by atoms with Crippen LogP contribution in [0.15, 0.2) is 71.4 Å². The lowest BCUT2D eigenvalue weighted by Crippen LogP contribution is -2.28. The number of amides is 1. The van der Waals surface area contributed by atoms with Gasteiger partial charge in [0.05, 0.1) is 24.8 Å². The van der Waals surface area contributed by atoms with E-state index in [1.807, 2.05) is 18.2 Å². The van der Waals surface area contributed by atoms with Crippen LogP contribution in [0.25, 0.3) is 15.8 Å². The Hall–Kier alpha value is -3.75. The summed E-state index contributed by atoms with van der Waals surface area (Å²) >= 11 is 1.21. The summed E-state index contributed by atoms with van der Waals surface area (Å²) in [5, 5.41) is 3.48. The summed E-state index contributed by atoms with van der Waals surface area (Å²) in [4.78, 5) is 33.0. The number of pyridine rings is 1. The number of hydrogen-bond acceptors (Lipinski definition) is 7. The van der Waals surface area contributed by atoms with Gasteiger partial charge in [0.2, 0.25) is 0 Å². The SMILES string of the molecule is COC(=O)c1sc2nc(CN3CC=C(c4ccccc4)CC3)ccc2c1NC(=O)c1ccco1. The average molecular weight is 474 g/mol. The first-order chi connectivity index (χ1) is 16.6. The van der Waals surface area contributed by atoms with E-state index in [2.05, 4.69) is 40.6 Å². The highest BCUT2D eigenvalue weighted by Gasteiger charge is 2.23. The fourth-order valence-electron chi connectivity index (χ4n) is 4.05. The Labute approximate surface area is 200 Å². The molecule has 8 heteroatoms. The zero-order valence-electron chi connectivity index (χ0n) is 18.6. The number of nitrogens with one attached hydrogen (secondary N) is 1. The van der Waals surface area contributed by atoms with E-state index in [1.165, 1.54) is 35.8 Å². The van der Waals surface area contributed by atoms with E-state index >= 15 is 0 Å². The van der Waals surface area contributed by atoms with Gasteiger partial charge in [-0.2, -0.15) is 0 Å². The molecule has 3 aromatic heterocycles. The minimum atomic E-state index is -0.520. The molecule has 4 heterocycles. The number of aromatic nitrogens is 1. The Bertz CT molecular complexity index is 1360. The molecule has 0 unspecified atom stereocenters. The van der Waals surface area contributed by atoms with Gasteiger partial charge in [0, 0.05) is 25.0 Å². The number of furan rings is 1. The second-order valence-electron chi connectivity index (χ2n) is 7.96. The number of esters is 1. The molecule has 7 nitrogen and oxygen atoms in total. The van der Waals surface area contributed by atoms with Gasteiger partial charge in [-0.05, 0) is 41.8 Å². The largest absolute Gasteiger partial charge is 0.465 e. The van der Waals surface area contributed by atoms with Crippen LogP contribution in [0.2, 0.25) is 0 Å². The molecule has 5 rings (SSSR count). The molecule has 172 valence electrons. The topological polar surface area (TPSA) is 84.7 Å². The number of thiophene rings is 1. The first-order valence-corrected chi connectivity index (χ1v) is 11.8. The third-order valence-electron chi connectivity index (χ3n) is 5.79. The average Bonchev–Trinajstić information content (AvgIpc) is 3.53. The molecule has 1 aliphatic rings. The van der Waals surface area contributed by atoms with Gasteiger partial charge in [-0.1, -0.05) is 36.4 Å². The van der Waals surface area contributed by atoms with Gasteiger partial charge in [-0.15, -0.1) is 11.3 Å². The fraction of sp³-hybridized carbons (Fsp3) is 0.192. The molecule has 0 saturated heterocycles. The Kier molecular flexibility index (Phi) is 6.24. The number of carbonyl (C=O) groups excluding carboxylic acids is 2. The normalized spacial score (nSPS) is 14.1. The van der Waals surface area contributed by atoms with Gasteiger partial charge < -0.3 is 14.5 Å². The van der Waals surface area contributed by atoms with E-state index < -0.39 is 11.9 Å². The second kappa shape index (κ2) is 9.62. The summed E-state index contributed by atoms with van der Waals surface area (Å²) < 4.78 is 10.1. The van der Waals surface area contributed by atoms with Crippen LogP contribution in [0.5, 0.6) is 0 Å². The molecule has 0 fully saturated rings. The zero-order valence-corrected chi connectivity index (χ0v) is 19.4. The van der Waals surface area contributed by atoms with Crippen LogP contribution in [0.1, 0.15) is 37.9 Å². The molecule has 0 saturated carbocycles. The third-order valence-corrected chi connectivity index (χ3v) is 6.87. The lowest BCUT2D eigenvalue weighted by atomic mass is 9.99. The maximum Gasteiger partial charge on any atom is 0.350 e. The molecule has 0 atom stereocenters. The van der Waals surface area contributed by atoms with Crippen LogP contribution < -0.4 is 5.32 Å². The summed E-state index contributed by atoms with van der Waals surface area (Å²) in [6.07, 6.45) is 4.69. The van der Waals surface area contributed by atoms with Crippen molar-refractivity contribution in [3.8, 4) is 0 Å². The molecule has 0 bridgehead atoms. The predicted molar refractivity (Wildman–Crippen MR) is 132 cm³/mol. The number of fused-ring (bicyclic) bond motifs is 1. The van der Waals surface area contributed by atoms with Crippen molar-refractivity contribution < 1.29 is 18.7 Å². The standard InChI is InChI=1S/C26H23N3O4S/c1-32-26(31)23-22(28-24(30)21-8-5-15-33-21)20-10-9-19(27-25(20)34-23)16-29-13-11-18(12-14-29)17-6-3-2-4-7-17/h2-11,15H,12-14,16H2,1H3,(H,28,30). The van der Waals surface area contributed by atoms with Gasteiger partial charge in [0.15, 0.2) is 5.76 Å². The van der Waals surface area contributed by atoms with E-state index in [-0.39, 0.29) is 5.76 Å². The molecular formula is C26H23N3O4S. The highest BCUT2D eigenvalue weighted by molar-refractivity contribution is 7.21. The fourth-order valence-corrected chi connectivity index (χ4v) is 5.11. The molecule has 1 N–H and O–H groups in total. The van der Waals surface area contributed by atoms with Crippen molar-refractivity contribution in [2.45, 2.75) is 13.0 Å². The van der Waals surface area contributed by atoms with Gasteiger partial charge in [-0.25, -0.2) is 9.78 Å². The Morgan fingerprint density at radius 2 is 2.00 bits per heavy atom. The Morgan fingerprint density at radius 1 is 1.15 bits per heavy atom.